The summed E-state index contributed by atoms with van der Waals surface area (Å²) in [5, 5.41) is 8.10. The highest BCUT2D eigenvalue weighted by molar-refractivity contribution is 6.33. The predicted octanol–water partition coefficient (Wildman–Crippen LogP) is 4.25. The number of rotatable bonds is 4. The third-order valence-corrected chi connectivity index (χ3v) is 2.63. The lowest BCUT2D eigenvalue weighted by Gasteiger charge is -2.13. The van der Waals surface area contributed by atoms with E-state index in [0.29, 0.717) is 10.7 Å². The normalized spacial score (nSPS) is 14.5. The number of hydrogen-bond acceptors (Lipinski definition) is 4. The molecule has 0 aliphatic heterocycles. The summed E-state index contributed by atoms with van der Waals surface area (Å²) in [6.07, 6.45) is 0. The predicted molar refractivity (Wildman–Crippen MR) is 71.6 cm³/mol. The van der Waals surface area contributed by atoms with Gasteiger partial charge in [-0.2, -0.15) is 10.2 Å². The second-order valence-corrected chi connectivity index (χ2v) is 4.97. The van der Waals surface area contributed by atoms with E-state index in [1.165, 1.54) is 6.92 Å². The first-order chi connectivity index (χ1) is 8.36. The average molecular weight is 289 g/mol. The Kier molecular flexibility index (Phi) is 5.11. The summed E-state index contributed by atoms with van der Waals surface area (Å²) in [4.78, 5) is 9.95. The van der Waals surface area contributed by atoms with E-state index in [1.54, 1.807) is 19.1 Å². The summed E-state index contributed by atoms with van der Waals surface area (Å²) in [5.41, 5.74) is 1.47. The van der Waals surface area contributed by atoms with Crippen LogP contribution in [0.15, 0.2) is 28.4 Å². The monoisotopic (exact) mass is 288 g/mol. The van der Waals surface area contributed by atoms with Crippen LogP contribution in [0.3, 0.4) is 0 Å². The molecule has 0 aliphatic carbocycles. The standard InChI is InChI=1S/C12H14Cl2N2O2/c1-4-18-11(17)12(3,14)16-15-10-6-5-8(2)7-9(10)13/h5-7H,4H2,1-3H3. The van der Waals surface area contributed by atoms with Gasteiger partial charge in [0, 0.05) is 0 Å². The van der Waals surface area contributed by atoms with E-state index in [4.69, 9.17) is 27.9 Å². The molecule has 1 unspecified atom stereocenters. The van der Waals surface area contributed by atoms with Crippen LogP contribution in [0, 0.1) is 6.92 Å². The van der Waals surface area contributed by atoms with E-state index in [-0.39, 0.29) is 6.61 Å². The SMILES string of the molecule is CCOC(=O)C(C)(Cl)N=Nc1ccc(C)cc1Cl. The number of esters is 1. The number of alkyl halides is 1. The molecular weight excluding hydrogens is 275 g/mol. The minimum atomic E-state index is -1.54. The van der Waals surface area contributed by atoms with Gasteiger partial charge in [-0.05, 0) is 38.5 Å². The first kappa shape index (κ1) is 14.9. The third kappa shape index (κ3) is 3.96. The highest BCUT2D eigenvalue weighted by Gasteiger charge is 2.32. The molecule has 6 heteroatoms. The van der Waals surface area contributed by atoms with Crippen LogP contribution in [-0.2, 0) is 9.53 Å². The highest BCUT2D eigenvalue weighted by Crippen LogP contribution is 2.28. The third-order valence-electron chi connectivity index (χ3n) is 2.10. The Balaban J connectivity index is 2.88. The number of carbonyl (C=O) groups is 1. The Hall–Kier alpha value is -1.13. The van der Waals surface area contributed by atoms with Gasteiger partial charge >= 0.3 is 5.97 Å². The van der Waals surface area contributed by atoms with Gasteiger partial charge in [0.05, 0.1) is 11.6 Å². The molecule has 1 atom stereocenters. The average Bonchev–Trinajstić information content (AvgIpc) is 2.28. The van der Waals surface area contributed by atoms with Crippen molar-refractivity contribution < 1.29 is 9.53 Å². The molecule has 0 bridgehead atoms. The molecule has 0 heterocycles. The molecule has 0 spiro atoms. The molecule has 0 radical (unpaired) electrons. The summed E-state index contributed by atoms with van der Waals surface area (Å²) in [6, 6.07) is 5.31. The molecule has 0 saturated carbocycles. The van der Waals surface area contributed by atoms with Gasteiger partial charge in [0.1, 0.15) is 5.69 Å². The molecular formula is C12H14Cl2N2O2. The first-order valence-corrected chi connectivity index (χ1v) is 6.17. The molecule has 0 amide bonds. The fourth-order valence-electron chi connectivity index (χ4n) is 1.14. The summed E-state index contributed by atoms with van der Waals surface area (Å²) >= 11 is 11.9. The highest BCUT2D eigenvalue weighted by atomic mass is 35.5. The smallest absolute Gasteiger partial charge is 0.351 e. The van der Waals surface area contributed by atoms with Gasteiger partial charge in [0.25, 0.3) is 0 Å². The topological polar surface area (TPSA) is 51.0 Å². The zero-order valence-electron chi connectivity index (χ0n) is 10.4. The number of aryl methyl sites for hydroxylation is 1. The molecule has 0 fully saturated rings. The molecule has 1 rings (SSSR count). The van der Waals surface area contributed by atoms with Crippen molar-refractivity contribution in [3.63, 3.8) is 0 Å². The maximum absolute atomic E-state index is 11.5. The second-order valence-electron chi connectivity index (χ2n) is 3.83. The van der Waals surface area contributed by atoms with Crippen molar-refractivity contribution in [2.24, 2.45) is 10.2 Å². The van der Waals surface area contributed by atoms with Crippen LogP contribution in [0.1, 0.15) is 19.4 Å². The van der Waals surface area contributed by atoms with E-state index in [9.17, 15) is 4.79 Å². The molecule has 0 aromatic heterocycles. The Bertz CT molecular complexity index is 473. The Morgan fingerprint density at radius 3 is 2.72 bits per heavy atom. The van der Waals surface area contributed by atoms with Crippen molar-refractivity contribution in [2.75, 3.05) is 6.61 Å². The molecule has 4 nitrogen and oxygen atoms in total. The van der Waals surface area contributed by atoms with Crippen LogP contribution in [0.4, 0.5) is 5.69 Å². The van der Waals surface area contributed by atoms with E-state index < -0.39 is 11.0 Å². The van der Waals surface area contributed by atoms with Crippen molar-refractivity contribution in [3.05, 3.63) is 28.8 Å². The Morgan fingerprint density at radius 1 is 1.50 bits per heavy atom. The van der Waals surface area contributed by atoms with E-state index in [1.807, 2.05) is 13.0 Å². The quantitative estimate of drug-likeness (QED) is 0.360. The first-order valence-electron chi connectivity index (χ1n) is 5.42. The fourth-order valence-corrected chi connectivity index (χ4v) is 1.51. The van der Waals surface area contributed by atoms with Crippen molar-refractivity contribution in [3.8, 4) is 0 Å². The number of hydrogen-bond donors (Lipinski definition) is 0. The van der Waals surface area contributed by atoms with Gasteiger partial charge < -0.3 is 4.74 Å². The summed E-state index contributed by atoms with van der Waals surface area (Å²) in [6.45, 7) is 5.26. The molecule has 0 N–H and O–H groups in total. The zero-order valence-corrected chi connectivity index (χ0v) is 11.9. The largest absolute Gasteiger partial charge is 0.463 e. The fraction of sp³-hybridized carbons (Fsp3) is 0.417. The summed E-state index contributed by atoms with van der Waals surface area (Å²) in [7, 11) is 0. The van der Waals surface area contributed by atoms with Crippen molar-refractivity contribution in [2.45, 2.75) is 25.8 Å². The summed E-state index contributed by atoms with van der Waals surface area (Å²) < 4.78 is 4.79. The minimum absolute atomic E-state index is 0.238. The van der Waals surface area contributed by atoms with Gasteiger partial charge in [-0.3, -0.25) is 0 Å². The number of benzene rings is 1. The van der Waals surface area contributed by atoms with Gasteiger partial charge in [-0.15, -0.1) is 0 Å². The molecule has 18 heavy (non-hydrogen) atoms. The number of nitrogens with zero attached hydrogens (tertiary/aromatic N) is 2. The van der Waals surface area contributed by atoms with Crippen LogP contribution in [0.25, 0.3) is 0 Å². The number of azo groups is 1. The lowest BCUT2D eigenvalue weighted by Crippen LogP contribution is -2.28. The maximum atomic E-state index is 11.5. The van der Waals surface area contributed by atoms with E-state index in [0.717, 1.165) is 5.56 Å². The number of halogens is 2. The molecule has 98 valence electrons. The van der Waals surface area contributed by atoms with Crippen LogP contribution in [0.2, 0.25) is 5.02 Å². The second kappa shape index (κ2) is 6.16. The van der Waals surface area contributed by atoms with Crippen molar-refractivity contribution >= 4 is 34.9 Å². The van der Waals surface area contributed by atoms with E-state index >= 15 is 0 Å². The van der Waals surface area contributed by atoms with Gasteiger partial charge in [-0.1, -0.05) is 29.3 Å². The Morgan fingerprint density at radius 2 is 2.17 bits per heavy atom. The zero-order chi connectivity index (χ0) is 13.8. The lowest BCUT2D eigenvalue weighted by molar-refractivity contribution is -0.145. The number of ether oxygens (including phenoxy) is 1. The maximum Gasteiger partial charge on any atom is 0.351 e. The van der Waals surface area contributed by atoms with Crippen molar-refractivity contribution in [1.29, 1.82) is 0 Å². The van der Waals surface area contributed by atoms with Gasteiger partial charge in [-0.25, -0.2) is 4.79 Å². The lowest BCUT2D eigenvalue weighted by atomic mass is 10.2. The van der Waals surface area contributed by atoms with Crippen molar-refractivity contribution in [1.82, 2.24) is 0 Å². The number of carbonyl (C=O) groups excluding carboxylic acids is 1. The van der Waals surface area contributed by atoms with Crippen LogP contribution < -0.4 is 0 Å². The minimum Gasteiger partial charge on any atom is -0.463 e. The van der Waals surface area contributed by atoms with Gasteiger partial charge in [0.2, 0.25) is 5.00 Å². The van der Waals surface area contributed by atoms with Crippen LogP contribution in [0.5, 0.6) is 0 Å². The van der Waals surface area contributed by atoms with Crippen LogP contribution >= 0.6 is 23.2 Å². The summed E-state index contributed by atoms with van der Waals surface area (Å²) in [5.74, 6) is -0.640. The Labute approximate surface area is 116 Å². The molecule has 0 saturated heterocycles. The van der Waals surface area contributed by atoms with Gasteiger partial charge in [0.15, 0.2) is 0 Å². The van der Waals surface area contributed by atoms with E-state index in [2.05, 4.69) is 10.2 Å². The molecule has 1 aromatic carbocycles. The van der Waals surface area contributed by atoms with Crippen LogP contribution in [-0.4, -0.2) is 17.6 Å². The molecule has 0 aliphatic rings. The molecule has 1 aromatic rings.